The average Bonchev–Trinajstić information content (AvgIpc) is 3.45. The summed E-state index contributed by atoms with van der Waals surface area (Å²) in [5.41, 5.74) is 0.371. The molecule has 1 aliphatic rings. The second kappa shape index (κ2) is 7.88. The van der Waals surface area contributed by atoms with Gasteiger partial charge < -0.3 is 19.2 Å². The summed E-state index contributed by atoms with van der Waals surface area (Å²) >= 11 is 4.75. The minimum Gasteiger partial charge on any atom is -0.507 e. The number of carbonyl (C=O) groups is 2. The van der Waals surface area contributed by atoms with E-state index in [0.717, 1.165) is 4.88 Å². The van der Waals surface area contributed by atoms with E-state index in [9.17, 15) is 14.7 Å². The maximum absolute atomic E-state index is 12.9. The van der Waals surface area contributed by atoms with Crippen LogP contribution in [0.3, 0.4) is 0 Å². The number of aliphatic hydroxyl groups excluding tert-OH is 1. The van der Waals surface area contributed by atoms with Gasteiger partial charge in [0, 0.05) is 10.4 Å². The smallest absolute Gasteiger partial charge is 0.296 e. The van der Waals surface area contributed by atoms with Gasteiger partial charge in [-0.2, -0.15) is 0 Å². The minimum atomic E-state index is -0.838. The Morgan fingerprint density at radius 1 is 1.24 bits per heavy atom. The van der Waals surface area contributed by atoms with E-state index in [0.29, 0.717) is 21.7 Å². The molecule has 0 radical (unpaired) electrons. The topological polar surface area (TPSA) is 80.0 Å². The van der Waals surface area contributed by atoms with Crippen molar-refractivity contribution in [1.82, 2.24) is 4.90 Å². The molecule has 29 heavy (non-hydrogen) atoms. The highest BCUT2D eigenvalue weighted by molar-refractivity contribution is 9.10. The van der Waals surface area contributed by atoms with Crippen LogP contribution in [0.15, 0.2) is 68.6 Å². The molecular formula is C21H16BrNO5S. The molecule has 1 aliphatic heterocycles. The lowest BCUT2D eigenvalue weighted by molar-refractivity contribution is -0.140. The molecule has 1 aromatic carbocycles. The van der Waals surface area contributed by atoms with Crippen molar-refractivity contribution in [3.63, 3.8) is 0 Å². The SMILES string of the molecule is COc1cccc(/C(O)=C2\C(=O)C(=O)N(Cc3cccs3)C2c2ccc(Br)o2)c1. The van der Waals surface area contributed by atoms with Crippen molar-refractivity contribution in [3.8, 4) is 5.75 Å². The Hall–Kier alpha value is -2.84. The van der Waals surface area contributed by atoms with Crippen molar-refractivity contribution < 1.29 is 23.8 Å². The van der Waals surface area contributed by atoms with Crippen molar-refractivity contribution >= 4 is 44.7 Å². The Labute approximate surface area is 179 Å². The van der Waals surface area contributed by atoms with Gasteiger partial charge in [0.25, 0.3) is 11.7 Å². The van der Waals surface area contributed by atoms with E-state index in [4.69, 9.17) is 9.15 Å². The summed E-state index contributed by atoms with van der Waals surface area (Å²) < 4.78 is 11.3. The molecular weight excluding hydrogens is 458 g/mol. The van der Waals surface area contributed by atoms with Gasteiger partial charge >= 0.3 is 0 Å². The third-order valence-corrected chi connectivity index (χ3v) is 5.94. The summed E-state index contributed by atoms with van der Waals surface area (Å²) in [5.74, 6) is -0.788. The van der Waals surface area contributed by atoms with Gasteiger partial charge in [0.1, 0.15) is 23.3 Å². The first-order valence-electron chi connectivity index (χ1n) is 8.70. The largest absolute Gasteiger partial charge is 0.507 e. The molecule has 3 aromatic rings. The zero-order valence-electron chi connectivity index (χ0n) is 15.3. The molecule has 0 spiro atoms. The number of benzene rings is 1. The fourth-order valence-electron chi connectivity index (χ4n) is 3.31. The quantitative estimate of drug-likeness (QED) is 0.329. The minimum absolute atomic E-state index is 0.0124. The Balaban J connectivity index is 1.86. The highest BCUT2D eigenvalue weighted by Gasteiger charge is 2.47. The van der Waals surface area contributed by atoms with Crippen LogP contribution in [0.25, 0.3) is 5.76 Å². The number of halogens is 1. The number of aliphatic hydroxyl groups is 1. The normalized spacial score (nSPS) is 18.4. The molecule has 1 saturated heterocycles. The number of ether oxygens (including phenoxy) is 1. The van der Waals surface area contributed by atoms with Gasteiger partial charge in [0.2, 0.25) is 0 Å². The molecule has 1 amide bonds. The molecule has 1 N–H and O–H groups in total. The number of thiophene rings is 1. The van der Waals surface area contributed by atoms with Gasteiger partial charge in [-0.05, 0) is 51.6 Å². The van der Waals surface area contributed by atoms with E-state index in [2.05, 4.69) is 15.9 Å². The van der Waals surface area contributed by atoms with E-state index in [1.54, 1.807) is 36.4 Å². The lowest BCUT2D eigenvalue weighted by atomic mass is 9.99. The molecule has 0 aliphatic carbocycles. The molecule has 8 heteroatoms. The van der Waals surface area contributed by atoms with Crippen LogP contribution < -0.4 is 4.74 Å². The maximum atomic E-state index is 12.9. The predicted octanol–water partition coefficient (Wildman–Crippen LogP) is 4.73. The zero-order valence-corrected chi connectivity index (χ0v) is 17.7. The fraction of sp³-hybridized carbons (Fsp3) is 0.143. The molecule has 2 aromatic heterocycles. The number of Topliss-reactive ketones (excluding diaryl/α,β-unsaturated/α-hetero) is 1. The number of likely N-dealkylation sites (tertiary alicyclic amines) is 1. The van der Waals surface area contributed by atoms with Crippen molar-refractivity contribution in [2.45, 2.75) is 12.6 Å². The first-order chi connectivity index (χ1) is 14.0. The van der Waals surface area contributed by atoms with Gasteiger partial charge in [0.05, 0.1) is 19.2 Å². The van der Waals surface area contributed by atoms with Gasteiger partial charge in [0.15, 0.2) is 4.67 Å². The molecule has 3 heterocycles. The molecule has 148 valence electrons. The third kappa shape index (κ3) is 3.61. The van der Waals surface area contributed by atoms with Gasteiger partial charge in [-0.1, -0.05) is 18.2 Å². The first kappa shape index (κ1) is 19.5. The molecule has 0 bridgehead atoms. The summed E-state index contributed by atoms with van der Waals surface area (Å²) in [6.07, 6.45) is 0. The summed E-state index contributed by atoms with van der Waals surface area (Å²) in [5, 5.41) is 12.9. The zero-order chi connectivity index (χ0) is 20.5. The van der Waals surface area contributed by atoms with E-state index in [1.165, 1.54) is 23.3 Å². The predicted molar refractivity (Wildman–Crippen MR) is 112 cm³/mol. The Kier molecular flexibility index (Phi) is 5.29. The van der Waals surface area contributed by atoms with Crippen LogP contribution >= 0.6 is 27.3 Å². The monoisotopic (exact) mass is 473 g/mol. The fourth-order valence-corrected chi connectivity index (χ4v) is 4.33. The average molecular weight is 474 g/mol. The number of amides is 1. The van der Waals surface area contributed by atoms with E-state index in [-0.39, 0.29) is 17.9 Å². The lowest BCUT2D eigenvalue weighted by Gasteiger charge is -2.22. The molecule has 1 fully saturated rings. The third-order valence-electron chi connectivity index (χ3n) is 4.65. The molecule has 0 saturated carbocycles. The summed E-state index contributed by atoms with van der Waals surface area (Å²) in [6, 6.07) is 13.0. The van der Waals surface area contributed by atoms with E-state index >= 15 is 0 Å². The maximum Gasteiger partial charge on any atom is 0.296 e. The number of hydrogen-bond donors (Lipinski definition) is 1. The van der Waals surface area contributed by atoms with Crippen molar-refractivity contribution in [3.05, 3.63) is 80.4 Å². The Morgan fingerprint density at radius 2 is 2.07 bits per heavy atom. The number of rotatable bonds is 5. The van der Waals surface area contributed by atoms with Crippen LogP contribution in [0.5, 0.6) is 5.75 Å². The van der Waals surface area contributed by atoms with Crippen LogP contribution in [0.1, 0.15) is 22.2 Å². The number of ketones is 1. The second-order valence-corrected chi connectivity index (χ2v) is 8.19. The summed E-state index contributed by atoms with van der Waals surface area (Å²) in [6.45, 7) is 0.236. The number of nitrogens with zero attached hydrogens (tertiary/aromatic N) is 1. The van der Waals surface area contributed by atoms with E-state index < -0.39 is 17.7 Å². The standard InChI is InChI=1S/C21H16BrNO5S/c1-27-13-5-2-4-12(10-13)19(24)17-18(15-7-8-16(22)28-15)23(21(26)20(17)25)11-14-6-3-9-29-14/h2-10,18,24H,11H2,1H3/b19-17+. The number of furan rings is 1. The van der Waals surface area contributed by atoms with Crippen LogP contribution in [-0.4, -0.2) is 28.8 Å². The van der Waals surface area contributed by atoms with Gasteiger partial charge in [-0.25, -0.2) is 0 Å². The molecule has 1 atom stereocenters. The van der Waals surface area contributed by atoms with Crippen LogP contribution in [0.4, 0.5) is 0 Å². The second-order valence-electron chi connectivity index (χ2n) is 6.38. The Morgan fingerprint density at radius 3 is 2.72 bits per heavy atom. The van der Waals surface area contributed by atoms with Crippen LogP contribution in [0, 0.1) is 0 Å². The number of hydrogen-bond acceptors (Lipinski definition) is 6. The number of carbonyl (C=O) groups excluding carboxylic acids is 2. The van der Waals surface area contributed by atoms with Crippen molar-refractivity contribution in [2.75, 3.05) is 7.11 Å². The van der Waals surface area contributed by atoms with Crippen LogP contribution in [0.2, 0.25) is 0 Å². The summed E-state index contributed by atoms with van der Waals surface area (Å²) in [4.78, 5) is 28.1. The van der Waals surface area contributed by atoms with Gasteiger partial charge in [-0.3, -0.25) is 9.59 Å². The van der Waals surface area contributed by atoms with Crippen LogP contribution in [-0.2, 0) is 16.1 Å². The molecule has 1 unspecified atom stereocenters. The highest BCUT2D eigenvalue weighted by atomic mass is 79.9. The lowest BCUT2D eigenvalue weighted by Crippen LogP contribution is -2.28. The molecule has 6 nitrogen and oxygen atoms in total. The first-order valence-corrected chi connectivity index (χ1v) is 10.4. The van der Waals surface area contributed by atoms with Crippen molar-refractivity contribution in [1.29, 1.82) is 0 Å². The van der Waals surface area contributed by atoms with Crippen molar-refractivity contribution in [2.24, 2.45) is 0 Å². The van der Waals surface area contributed by atoms with Gasteiger partial charge in [-0.15, -0.1) is 11.3 Å². The Bertz CT molecular complexity index is 1100. The molecule has 4 rings (SSSR count). The van der Waals surface area contributed by atoms with E-state index in [1.807, 2.05) is 17.5 Å². The summed E-state index contributed by atoms with van der Waals surface area (Å²) in [7, 11) is 1.51. The highest BCUT2D eigenvalue weighted by Crippen LogP contribution is 2.41. The number of methoxy groups -OCH3 is 1.